The van der Waals surface area contributed by atoms with Gasteiger partial charge in [-0.15, -0.1) is 0 Å². The number of hydrogen-bond acceptors (Lipinski definition) is 5. The number of phenolic OH excluding ortho intramolecular Hbond substituents is 2. The second kappa shape index (κ2) is 4.86. The molecule has 0 aliphatic rings. The van der Waals surface area contributed by atoms with Crippen LogP contribution in [0.4, 0.5) is 0 Å². The molecule has 0 aliphatic heterocycles. The van der Waals surface area contributed by atoms with Crippen molar-refractivity contribution in [2.75, 3.05) is 7.11 Å². The number of benzene rings is 2. The molecule has 5 heteroatoms. The number of hydrogen-bond donors (Lipinski definition) is 2. The van der Waals surface area contributed by atoms with Crippen molar-refractivity contribution in [3.8, 4) is 28.6 Å². The lowest BCUT2D eigenvalue weighted by Crippen LogP contribution is -2.07. The van der Waals surface area contributed by atoms with Crippen LogP contribution in [-0.2, 0) is 0 Å². The van der Waals surface area contributed by atoms with Gasteiger partial charge in [0.1, 0.15) is 0 Å². The maximum Gasteiger partial charge on any atom is 0.235 e. The van der Waals surface area contributed by atoms with Crippen LogP contribution < -0.4 is 10.2 Å². The van der Waals surface area contributed by atoms with Crippen molar-refractivity contribution < 1.29 is 19.4 Å². The fourth-order valence-electron chi connectivity index (χ4n) is 2.18. The zero-order valence-corrected chi connectivity index (χ0v) is 11.2. The topological polar surface area (TPSA) is 79.9 Å². The number of ether oxygens (including phenoxy) is 1. The summed E-state index contributed by atoms with van der Waals surface area (Å²) in [6.07, 6.45) is 0. The molecule has 3 aromatic rings. The van der Waals surface area contributed by atoms with Crippen LogP contribution in [0.5, 0.6) is 17.2 Å². The molecule has 1 aromatic heterocycles. The monoisotopic (exact) mass is 284 g/mol. The van der Waals surface area contributed by atoms with Crippen LogP contribution in [0, 0.1) is 0 Å². The highest BCUT2D eigenvalue weighted by Gasteiger charge is 2.19. The zero-order valence-electron chi connectivity index (χ0n) is 11.2. The predicted molar refractivity (Wildman–Crippen MR) is 77.8 cm³/mol. The fraction of sp³-hybridized carbons (Fsp3) is 0.0625. The van der Waals surface area contributed by atoms with Gasteiger partial charge in [-0.2, -0.15) is 0 Å². The molecule has 0 bridgehead atoms. The van der Waals surface area contributed by atoms with E-state index >= 15 is 0 Å². The Morgan fingerprint density at radius 2 is 1.76 bits per heavy atom. The van der Waals surface area contributed by atoms with E-state index in [2.05, 4.69) is 0 Å². The Balaban J connectivity index is 2.45. The zero-order chi connectivity index (χ0) is 15.0. The van der Waals surface area contributed by atoms with Crippen LogP contribution in [0.3, 0.4) is 0 Å². The van der Waals surface area contributed by atoms with Gasteiger partial charge in [0.15, 0.2) is 17.1 Å². The van der Waals surface area contributed by atoms with Crippen LogP contribution in [0.2, 0.25) is 0 Å². The first kappa shape index (κ1) is 13.1. The molecule has 21 heavy (non-hydrogen) atoms. The van der Waals surface area contributed by atoms with Gasteiger partial charge in [0, 0.05) is 5.56 Å². The van der Waals surface area contributed by atoms with E-state index in [1.165, 1.54) is 19.2 Å². The van der Waals surface area contributed by atoms with Crippen molar-refractivity contribution in [1.29, 1.82) is 0 Å². The maximum atomic E-state index is 12.4. The molecular weight excluding hydrogens is 272 g/mol. The molecule has 0 fully saturated rings. The standard InChI is InChI=1S/C16H12O5/c1-20-16-12(18)10-7-8-11(17)13(19)15(10)21-14(16)9-5-3-2-4-6-9/h2-8,17,19H,1H3. The van der Waals surface area contributed by atoms with Crippen LogP contribution in [-0.4, -0.2) is 17.3 Å². The van der Waals surface area contributed by atoms with E-state index in [1.807, 2.05) is 6.07 Å². The Labute approximate surface area is 119 Å². The predicted octanol–water partition coefficient (Wildman–Crippen LogP) is 2.88. The van der Waals surface area contributed by atoms with E-state index in [-0.39, 0.29) is 28.2 Å². The van der Waals surface area contributed by atoms with E-state index < -0.39 is 11.2 Å². The highest BCUT2D eigenvalue weighted by molar-refractivity contribution is 5.88. The SMILES string of the molecule is COc1c(-c2ccccc2)oc2c(O)c(O)ccc2c1=O. The Bertz CT molecular complexity index is 865. The van der Waals surface area contributed by atoms with E-state index in [4.69, 9.17) is 9.15 Å². The summed E-state index contributed by atoms with van der Waals surface area (Å²) in [5.41, 5.74) is 0.156. The third-order valence-corrected chi connectivity index (χ3v) is 3.21. The van der Waals surface area contributed by atoms with E-state index in [9.17, 15) is 15.0 Å². The average molecular weight is 284 g/mol. The van der Waals surface area contributed by atoms with Crippen LogP contribution in [0.25, 0.3) is 22.3 Å². The summed E-state index contributed by atoms with van der Waals surface area (Å²) >= 11 is 0. The lowest BCUT2D eigenvalue weighted by atomic mass is 10.1. The van der Waals surface area contributed by atoms with Crippen molar-refractivity contribution >= 4 is 11.0 Å². The third kappa shape index (κ3) is 1.99. The van der Waals surface area contributed by atoms with E-state index in [1.54, 1.807) is 24.3 Å². The van der Waals surface area contributed by atoms with Crippen LogP contribution in [0.15, 0.2) is 51.7 Å². The summed E-state index contributed by atoms with van der Waals surface area (Å²) in [6.45, 7) is 0. The first-order valence-electron chi connectivity index (χ1n) is 6.24. The van der Waals surface area contributed by atoms with Gasteiger partial charge in [-0.25, -0.2) is 0 Å². The molecular formula is C16H12O5. The van der Waals surface area contributed by atoms with Crippen molar-refractivity contribution in [2.24, 2.45) is 0 Å². The normalized spacial score (nSPS) is 10.7. The van der Waals surface area contributed by atoms with Gasteiger partial charge in [0.2, 0.25) is 16.9 Å². The summed E-state index contributed by atoms with van der Waals surface area (Å²) in [5.74, 6) is -0.561. The molecule has 1 heterocycles. The molecule has 106 valence electrons. The maximum absolute atomic E-state index is 12.4. The highest BCUT2D eigenvalue weighted by atomic mass is 16.5. The summed E-state index contributed by atoms with van der Waals surface area (Å²) in [4.78, 5) is 12.4. The van der Waals surface area contributed by atoms with Gasteiger partial charge in [0.05, 0.1) is 12.5 Å². The highest BCUT2D eigenvalue weighted by Crippen LogP contribution is 2.37. The minimum absolute atomic E-state index is 0.0544. The largest absolute Gasteiger partial charge is 0.504 e. The van der Waals surface area contributed by atoms with Crippen LogP contribution in [0.1, 0.15) is 0 Å². The minimum Gasteiger partial charge on any atom is -0.504 e. The van der Waals surface area contributed by atoms with Gasteiger partial charge < -0.3 is 19.4 Å². The summed E-state index contributed by atoms with van der Waals surface area (Å²) in [7, 11) is 1.38. The fourth-order valence-corrected chi connectivity index (χ4v) is 2.18. The molecule has 0 unspecified atom stereocenters. The molecule has 0 spiro atoms. The Hall–Kier alpha value is -2.95. The van der Waals surface area contributed by atoms with Crippen molar-refractivity contribution in [2.45, 2.75) is 0 Å². The molecule has 0 aliphatic carbocycles. The van der Waals surface area contributed by atoms with Gasteiger partial charge in [-0.05, 0) is 12.1 Å². The van der Waals surface area contributed by atoms with Crippen molar-refractivity contribution in [1.82, 2.24) is 0 Å². The van der Waals surface area contributed by atoms with Gasteiger partial charge in [0.25, 0.3) is 0 Å². The number of aromatic hydroxyl groups is 2. The molecule has 2 N–H and O–H groups in total. The molecule has 0 amide bonds. The first-order valence-corrected chi connectivity index (χ1v) is 6.24. The van der Waals surface area contributed by atoms with Gasteiger partial charge in [-0.1, -0.05) is 30.3 Å². The number of methoxy groups -OCH3 is 1. The molecule has 5 nitrogen and oxygen atoms in total. The molecule has 2 aromatic carbocycles. The summed E-state index contributed by atoms with van der Waals surface area (Å²) in [5, 5.41) is 19.6. The number of fused-ring (bicyclic) bond motifs is 1. The lowest BCUT2D eigenvalue weighted by molar-refractivity contribution is 0.387. The molecule has 0 saturated carbocycles. The molecule has 3 rings (SSSR count). The third-order valence-electron chi connectivity index (χ3n) is 3.21. The lowest BCUT2D eigenvalue weighted by Gasteiger charge is -2.10. The van der Waals surface area contributed by atoms with Crippen molar-refractivity contribution in [3.05, 3.63) is 52.7 Å². The summed E-state index contributed by atoms with van der Waals surface area (Å²) < 4.78 is 10.8. The number of phenols is 2. The summed E-state index contributed by atoms with van der Waals surface area (Å²) in [6, 6.07) is 11.5. The second-order valence-corrected chi connectivity index (χ2v) is 4.47. The van der Waals surface area contributed by atoms with Crippen molar-refractivity contribution in [3.63, 3.8) is 0 Å². The van der Waals surface area contributed by atoms with E-state index in [0.29, 0.717) is 5.56 Å². The second-order valence-electron chi connectivity index (χ2n) is 4.47. The number of rotatable bonds is 2. The minimum atomic E-state index is -0.468. The smallest absolute Gasteiger partial charge is 0.235 e. The molecule has 0 saturated heterocycles. The Morgan fingerprint density at radius 3 is 2.43 bits per heavy atom. The average Bonchev–Trinajstić information content (AvgIpc) is 2.52. The first-order chi connectivity index (χ1) is 10.1. The van der Waals surface area contributed by atoms with Gasteiger partial charge in [-0.3, -0.25) is 4.79 Å². The van der Waals surface area contributed by atoms with Crippen LogP contribution >= 0.6 is 0 Å². The Kier molecular flexibility index (Phi) is 3.02. The molecule has 0 atom stereocenters. The van der Waals surface area contributed by atoms with E-state index in [0.717, 1.165) is 0 Å². The van der Waals surface area contributed by atoms with Gasteiger partial charge >= 0.3 is 0 Å². The Morgan fingerprint density at radius 1 is 1.05 bits per heavy atom. The quantitative estimate of drug-likeness (QED) is 0.707. The molecule has 0 radical (unpaired) electrons.